The molecule has 0 amide bonds. The van der Waals surface area contributed by atoms with Crippen molar-refractivity contribution in [1.82, 2.24) is 9.36 Å². The van der Waals surface area contributed by atoms with Crippen LogP contribution in [-0.2, 0) is 4.74 Å². The molecule has 0 aliphatic heterocycles. The molecule has 80 valence electrons. The Morgan fingerprint density at radius 3 is 2.79 bits per heavy atom. The lowest BCUT2D eigenvalue weighted by Crippen LogP contribution is -2.30. The molecular weight excluding hydrogens is 202 g/mol. The first-order chi connectivity index (χ1) is 6.77. The fourth-order valence-electron chi connectivity index (χ4n) is 1.04. The van der Waals surface area contributed by atoms with Gasteiger partial charge in [0.15, 0.2) is 0 Å². The summed E-state index contributed by atoms with van der Waals surface area (Å²) < 4.78 is 9.07. The summed E-state index contributed by atoms with van der Waals surface area (Å²) in [6, 6.07) is 0. The summed E-state index contributed by atoms with van der Waals surface area (Å²) in [4.78, 5) is 6.22. The number of rotatable bonds is 6. The lowest BCUT2D eigenvalue weighted by atomic mass is 10.5. The third kappa shape index (κ3) is 3.21. The van der Waals surface area contributed by atoms with E-state index in [0.29, 0.717) is 13.2 Å². The highest BCUT2D eigenvalue weighted by Gasteiger charge is 2.09. The van der Waals surface area contributed by atoms with Crippen LogP contribution in [0.25, 0.3) is 0 Å². The lowest BCUT2D eigenvalue weighted by molar-refractivity contribution is 0.203. The zero-order chi connectivity index (χ0) is 10.4. The van der Waals surface area contributed by atoms with Crippen molar-refractivity contribution in [2.24, 2.45) is 0 Å². The summed E-state index contributed by atoms with van der Waals surface area (Å²) in [5.74, 6) is 0.769. The largest absolute Gasteiger partial charge is 0.395 e. The highest BCUT2D eigenvalue weighted by atomic mass is 32.1. The second kappa shape index (κ2) is 5.90. The normalized spacial score (nSPS) is 10.5. The number of methoxy groups -OCH3 is 1. The van der Waals surface area contributed by atoms with E-state index in [9.17, 15) is 0 Å². The summed E-state index contributed by atoms with van der Waals surface area (Å²) in [5.41, 5.74) is 0. The predicted octanol–water partition coefficient (Wildman–Crippen LogP) is 0.292. The maximum absolute atomic E-state index is 8.88. The Labute approximate surface area is 87.5 Å². The number of aromatic nitrogens is 2. The van der Waals surface area contributed by atoms with E-state index in [-0.39, 0.29) is 6.61 Å². The first-order valence-corrected chi connectivity index (χ1v) is 5.20. The second-order valence-corrected chi connectivity index (χ2v) is 3.56. The Morgan fingerprint density at radius 1 is 1.50 bits per heavy atom. The van der Waals surface area contributed by atoms with E-state index in [4.69, 9.17) is 9.84 Å². The summed E-state index contributed by atoms with van der Waals surface area (Å²) in [6.45, 7) is 3.89. The highest BCUT2D eigenvalue weighted by Crippen LogP contribution is 2.15. The first kappa shape index (κ1) is 11.4. The third-order valence-electron chi connectivity index (χ3n) is 1.72. The van der Waals surface area contributed by atoms with Gasteiger partial charge in [-0.05, 0) is 6.92 Å². The average Bonchev–Trinajstić information content (AvgIpc) is 2.59. The molecule has 0 saturated heterocycles. The molecule has 6 heteroatoms. The molecule has 14 heavy (non-hydrogen) atoms. The summed E-state index contributed by atoms with van der Waals surface area (Å²) in [7, 11) is 1.66. The summed E-state index contributed by atoms with van der Waals surface area (Å²) in [6.07, 6.45) is 0. The van der Waals surface area contributed by atoms with Crippen molar-refractivity contribution in [3.05, 3.63) is 5.82 Å². The quantitative estimate of drug-likeness (QED) is 0.742. The molecule has 0 aromatic carbocycles. The van der Waals surface area contributed by atoms with Gasteiger partial charge in [-0.2, -0.15) is 4.37 Å². The second-order valence-electron chi connectivity index (χ2n) is 2.83. The molecule has 0 radical (unpaired) electrons. The maximum atomic E-state index is 8.88. The van der Waals surface area contributed by atoms with Gasteiger partial charge in [0, 0.05) is 31.7 Å². The van der Waals surface area contributed by atoms with Gasteiger partial charge < -0.3 is 14.7 Å². The minimum absolute atomic E-state index is 0.113. The Kier molecular flexibility index (Phi) is 4.78. The van der Waals surface area contributed by atoms with Crippen LogP contribution in [-0.4, -0.2) is 47.9 Å². The van der Waals surface area contributed by atoms with Crippen molar-refractivity contribution in [2.45, 2.75) is 6.92 Å². The van der Waals surface area contributed by atoms with Crippen LogP contribution in [0, 0.1) is 6.92 Å². The van der Waals surface area contributed by atoms with Crippen molar-refractivity contribution in [3.63, 3.8) is 0 Å². The summed E-state index contributed by atoms with van der Waals surface area (Å²) in [5, 5.41) is 9.72. The van der Waals surface area contributed by atoms with Crippen molar-refractivity contribution in [2.75, 3.05) is 38.3 Å². The van der Waals surface area contributed by atoms with Gasteiger partial charge in [0.1, 0.15) is 5.82 Å². The molecule has 0 fully saturated rings. The van der Waals surface area contributed by atoms with E-state index in [1.807, 2.05) is 11.8 Å². The molecule has 5 nitrogen and oxygen atoms in total. The number of ether oxygens (including phenoxy) is 1. The molecule has 1 rings (SSSR count). The Hall–Kier alpha value is -0.720. The van der Waals surface area contributed by atoms with Gasteiger partial charge in [-0.1, -0.05) is 0 Å². The molecule has 0 bridgehead atoms. The zero-order valence-electron chi connectivity index (χ0n) is 8.43. The van der Waals surface area contributed by atoms with Crippen LogP contribution >= 0.6 is 11.5 Å². The number of aliphatic hydroxyl groups excluding tert-OH is 1. The van der Waals surface area contributed by atoms with E-state index < -0.39 is 0 Å². The number of anilines is 1. The van der Waals surface area contributed by atoms with Crippen LogP contribution in [0.2, 0.25) is 0 Å². The van der Waals surface area contributed by atoms with E-state index in [1.165, 1.54) is 11.5 Å². The van der Waals surface area contributed by atoms with Crippen molar-refractivity contribution >= 4 is 16.7 Å². The Bertz CT molecular complexity index is 267. The van der Waals surface area contributed by atoms with Crippen LogP contribution in [0.4, 0.5) is 5.13 Å². The number of hydrogen-bond donors (Lipinski definition) is 1. The number of nitrogens with zero attached hydrogens (tertiary/aromatic N) is 3. The minimum Gasteiger partial charge on any atom is -0.395 e. The monoisotopic (exact) mass is 217 g/mol. The fraction of sp³-hybridized carbons (Fsp3) is 0.750. The van der Waals surface area contributed by atoms with Gasteiger partial charge in [0.25, 0.3) is 0 Å². The van der Waals surface area contributed by atoms with E-state index in [2.05, 4.69) is 9.36 Å². The Balaban J connectivity index is 2.57. The lowest BCUT2D eigenvalue weighted by Gasteiger charge is -2.19. The smallest absolute Gasteiger partial charge is 0.205 e. The highest BCUT2D eigenvalue weighted by molar-refractivity contribution is 7.09. The molecule has 1 N–H and O–H groups in total. The van der Waals surface area contributed by atoms with Crippen LogP contribution in [0.15, 0.2) is 0 Å². The molecule has 1 aromatic heterocycles. The summed E-state index contributed by atoms with van der Waals surface area (Å²) >= 11 is 1.35. The maximum Gasteiger partial charge on any atom is 0.205 e. The molecule has 1 heterocycles. The topological polar surface area (TPSA) is 58.5 Å². The molecule has 0 unspecified atom stereocenters. The van der Waals surface area contributed by atoms with Gasteiger partial charge in [0.05, 0.1) is 13.2 Å². The zero-order valence-corrected chi connectivity index (χ0v) is 9.25. The average molecular weight is 217 g/mol. The van der Waals surface area contributed by atoms with Crippen LogP contribution < -0.4 is 4.90 Å². The van der Waals surface area contributed by atoms with Gasteiger partial charge in [-0.15, -0.1) is 0 Å². The van der Waals surface area contributed by atoms with Crippen LogP contribution in [0.3, 0.4) is 0 Å². The van der Waals surface area contributed by atoms with Crippen LogP contribution in [0.1, 0.15) is 5.82 Å². The van der Waals surface area contributed by atoms with Gasteiger partial charge in [-0.25, -0.2) is 4.98 Å². The molecule has 0 atom stereocenters. The number of aliphatic hydroxyl groups is 1. The Morgan fingerprint density at radius 2 is 2.29 bits per heavy atom. The van der Waals surface area contributed by atoms with Gasteiger partial charge in [0.2, 0.25) is 5.13 Å². The number of aryl methyl sites for hydroxylation is 1. The van der Waals surface area contributed by atoms with Crippen molar-refractivity contribution in [1.29, 1.82) is 0 Å². The number of hydrogen-bond acceptors (Lipinski definition) is 6. The molecule has 0 aliphatic rings. The molecule has 0 aliphatic carbocycles. The third-order valence-corrected chi connectivity index (χ3v) is 2.59. The predicted molar refractivity (Wildman–Crippen MR) is 55.8 cm³/mol. The van der Waals surface area contributed by atoms with E-state index >= 15 is 0 Å². The molecular formula is C8H15N3O2S. The van der Waals surface area contributed by atoms with Crippen LogP contribution in [0.5, 0.6) is 0 Å². The van der Waals surface area contributed by atoms with Gasteiger partial charge in [-0.3, -0.25) is 0 Å². The molecule has 0 saturated carbocycles. The SMILES string of the molecule is COCCN(CCO)c1nc(C)ns1. The van der Waals surface area contributed by atoms with Gasteiger partial charge >= 0.3 is 0 Å². The van der Waals surface area contributed by atoms with Crippen molar-refractivity contribution < 1.29 is 9.84 Å². The standard InChI is InChI=1S/C8H15N3O2S/c1-7-9-8(14-10-7)11(3-5-12)4-6-13-2/h12H,3-6H2,1-2H3. The fourth-order valence-corrected chi connectivity index (χ4v) is 1.77. The first-order valence-electron chi connectivity index (χ1n) is 4.43. The van der Waals surface area contributed by atoms with E-state index in [0.717, 1.165) is 17.5 Å². The minimum atomic E-state index is 0.113. The van der Waals surface area contributed by atoms with Crippen molar-refractivity contribution in [3.8, 4) is 0 Å². The van der Waals surface area contributed by atoms with E-state index in [1.54, 1.807) is 7.11 Å². The molecule has 1 aromatic rings. The molecule has 0 spiro atoms.